The molecule has 0 spiro atoms. The highest BCUT2D eigenvalue weighted by molar-refractivity contribution is 7.90. The number of alkyl halides is 3. The number of nitrogens with two attached hydrogens (primary N) is 1. The van der Waals surface area contributed by atoms with Gasteiger partial charge >= 0.3 is 6.18 Å². The lowest BCUT2D eigenvalue weighted by Gasteiger charge is -2.24. The van der Waals surface area contributed by atoms with Crippen molar-refractivity contribution in [3.05, 3.63) is 0 Å². The van der Waals surface area contributed by atoms with E-state index in [0.717, 1.165) is 6.26 Å². The minimum Gasteiger partial charge on any atom is -0.387 e. The lowest BCUT2D eigenvalue weighted by molar-refractivity contribution is -0.159. The zero-order valence-corrected chi connectivity index (χ0v) is 10.4. The van der Waals surface area contributed by atoms with Gasteiger partial charge in [-0.05, 0) is 7.05 Å². The van der Waals surface area contributed by atoms with Gasteiger partial charge in [0.05, 0.1) is 5.75 Å². The third kappa shape index (κ3) is 7.16. The molecular formula is C8H16F3N3O2S. The Morgan fingerprint density at radius 3 is 2.24 bits per heavy atom. The predicted molar refractivity (Wildman–Crippen MR) is 58.7 cm³/mol. The van der Waals surface area contributed by atoms with E-state index in [-0.39, 0.29) is 12.3 Å². The molecule has 0 aromatic heterocycles. The number of rotatable bonds is 6. The van der Waals surface area contributed by atoms with Crippen LogP contribution in [-0.4, -0.2) is 57.5 Å². The molecule has 17 heavy (non-hydrogen) atoms. The summed E-state index contributed by atoms with van der Waals surface area (Å²) in [5.74, 6) is -3.26. The second kappa shape index (κ2) is 5.67. The smallest absolute Gasteiger partial charge is 0.387 e. The summed E-state index contributed by atoms with van der Waals surface area (Å²) in [6.45, 7) is -0.549. The van der Waals surface area contributed by atoms with Crippen molar-refractivity contribution in [3.63, 3.8) is 0 Å². The highest BCUT2D eigenvalue weighted by Gasteiger charge is 2.42. The van der Waals surface area contributed by atoms with Crippen LogP contribution in [0.15, 0.2) is 0 Å². The average molecular weight is 275 g/mol. The van der Waals surface area contributed by atoms with Crippen LogP contribution in [0, 0.1) is 11.3 Å². The van der Waals surface area contributed by atoms with Crippen LogP contribution in [-0.2, 0) is 9.84 Å². The van der Waals surface area contributed by atoms with Gasteiger partial charge < -0.3 is 10.6 Å². The number of hydrogen-bond acceptors (Lipinski definition) is 4. The summed E-state index contributed by atoms with van der Waals surface area (Å²) in [5.41, 5.74) is 4.87. The first kappa shape index (κ1) is 16.2. The molecule has 0 amide bonds. The van der Waals surface area contributed by atoms with Crippen molar-refractivity contribution >= 4 is 15.7 Å². The zero-order chi connectivity index (χ0) is 13.9. The molecule has 0 fully saturated rings. The Bertz CT molecular complexity index is 367. The molecule has 0 aromatic carbocycles. The average Bonchev–Trinajstić information content (AvgIpc) is 2.07. The molecule has 1 unspecified atom stereocenters. The van der Waals surface area contributed by atoms with Crippen molar-refractivity contribution in [2.75, 3.05) is 32.1 Å². The standard InChI is InChI=1S/C8H16F3N3O2S/c1-14(3-4-17(2,15)16)5-6(7(12)13)8(9,10)11/h6H,3-5H2,1-2H3,(H3,12,13). The third-order valence-electron chi connectivity index (χ3n) is 2.11. The number of nitrogens with one attached hydrogen (secondary N) is 1. The lowest BCUT2D eigenvalue weighted by atomic mass is 10.1. The van der Waals surface area contributed by atoms with Gasteiger partial charge in [-0.2, -0.15) is 13.2 Å². The van der Waals surface area contributed by atoms with E-state index in [9.17, 15) is 21.6 Å². The molecule has 0 saturated heterocycles. The Balaban J connectivity index is 4.43. The Labute approximate surface area is 98.2 Å². The van der Waals surface area contributed by atoms with Crippen LogP contribution in [0.3, 0.4) is 0 Å². The van der Waals surface area contributed by atoms with E-state index in [2.05, 4.69) is 0 Å². The molecule has 0 radical (unpaired) electrons. The molecule has 0 bridgehead atoms. The van der Waals surface area contributed by atoms with Gasteiger partial charge in [-0.25, -0.2) is 8.42 Å². The van der Waals surface area contributed by atoms with Gasteiger partial charge in [-0.1, -0.05) is 0 Å². The SMILES string of the molecule is CN(CCS(C)(=O)=O)CC(C(=N)N)C(F)(F)F. The van der Waals surface area contributed by atoms with Crippen molar-refractivity contribution in [2.24, 2.45) is 11.7 Å². The summed E-state index contributed by atoms with van der Waals surface area (Å²) in [4.78, 5) is 1.20. The van der Waals surface area contributed by atoms with Gasteiger partial charge in [-0.15, -0.1) is 0 Å². The van der Waals surface area contributed by atoms with Crippen LogP contribution in [0.4, 0.5) is 13.2 Å². The molecule has 0 aliphatic heterocycles. The molecular weight excluding hydrogens is 259 g/mol. The number of nitrogens with zero attached hydrogens (tertiary/aromatic N) is 1. The highest BCUT2D eigenvalue weighted by Crippen LogP contribution is 2.26. The minimum atomic E-state index is -4.59. The first-order valence-corrected chi connectivity index (χ1v) is 6.76. The van der Waals surface area contributed by atoms with Gasteiger partial charge in [-0.3, -0.25) is 5.41 Å². The number of amidine groups is 1. The fourth-order valence-electron chi connectivity index (χ4n) is 1.10. The molecule has 3 N–H and O–H groups in total. The number of sulfone groups is 1. The van der Waals surface area contributed by atoms with Crippen LogP contribution in [0.25, 0.3) is 0 Å². The summed E-state index contributed by atoms with van der Waals surface area (Å²) in [5, 5.41) is 6.87. The van der Waals surface area contributed by atoms with Crippen molar-refractivity contribution in [1.82, 2.24) is 4.90 Å². The maximum atomic E-state index is 12.4. The van der Waals surface area contributed by atoms with Crippen LogP contribution >= 0.6 is 0 Å². The third-order valence-corrected chi connectivity index (χ3v) is 3.03. The van der Waals surface area contributed by atoms with E-state index in [1.54, 1.807) is 0 Å². The van der Waals surface area contributed by atoms with E-state index in [4.69, 9.17) is 11.1 Å². The lowest BCUT2D eigenvalue weighted by Crippen LogP contribution is -2.43. The van der Waals surface area contributed by atoms with E-state index >= 15 is 0 Å². The Morgan fingerprint density at radius 2 is 1.94 bits per heavy atom. The van der Waals surface area contributed by atoms with Crippen molar-refractivity contribution in [1.29, 1.82) is 5.41 Å². The van der Waals surface area contributed by atoms with Crippen LogP contribution in [0.2, 0.25) is 0 Å². The second-order valence-electron chi connectivity index (χ2n) is 3.94. The van der Waals surface area contributed by atoms with E-state index < -0.39 is 34.3 Å². The molecule has 0 saturated carbocycles. The maximum absolute atomic E-state index is 12.4. The van der Waals surface area contributed by atoms with Crippen molar-refractivity contribution in [2.45, 2.75) is 6.18 Å². The molecule has 5 nitrogen and oxygen atoms in total. The molecule has 1 atom stereocenters. The van der Waals surface area contributed by atoms with E-state index in [1.807, 2.05) is 0 Å². The monoisotopic (exact) mass is 275 g/mol. The first-order valence-electron chi connectivity index (χ1n) is 4.70. The second-order valence-corrected chi connectivity index (χ2v) is 6.20. The predicted octanol–water partition coefficient (Wildman–Crippen LogP) is 0.0773. The van der Waals surface area contributed by atoms with Gasteiger partial charge in [0.1, 0.15) is 21.6 Å². The van der Waals surface area contributed by atoms with Gasteiger partial charge in [0.15, 0.2) is 0 Å². The highest BCUT2D eigenvalue weighted by atomic mass is 32.2. The Hall–Kier alpha value is -0.830. The van der Waals surface area contributed by atoms with Gasteiger partial charge in [0, 0.05) is 19.3 Å². The molecule has 0 aliphatic rings. The van der Waals surface area contributed by atoms with Gasteiger partial charge in [0.2, 0.25) is 0 Å². The quantitative estimate of drug-likeness (QED) is 0.531. The fourth-order valence-corrected chi connectivity index (χ4v) is 1.75. The summed E-state index contributed by atoms with van der Waals surface area (Å²) >= 11 is 0. The molecule has 0 heterocycles. The van der Waals surface area contributed by atoms with E-state index in [0.29, 0.717) is 0 Å². The Kier molecular flexibility index (Phi) is 5.40. The summed E-state index contributed by atoms with van der Waals surface area (Å²) < 4.78 is 59.0. The fraction of sp³-hybridized carbons (Fsp3) is 0.875. The number of halogens is 3. The summed E-state index contributed by atoms with van der Waals surface area (Å²) in [6.07, 6.45) is -3.59. The molecule has 9 heteroatoms. The molecule has 102 valence electrons. The topological polar surface area (TPSA) is 87.2 Å². The summed E-state index contributed by atoms with van der Waals surface area (Å²) in [7, 11) is -1.86. The minimum absolute atomic E-state index is 0.0291. The zero-order valence-electron chi connectivity index (χ0n) is 9.58. The normalized spacial score (nSPS) is 14.9. The van der Waals surface area contributed by atoms with Crippen LogP contribution in [0.1, 0.15) is 0 Å². The van der Waals surface area contributed by atoms with Crippen molar-refractivity contribution < 1.29 is 21.6 Å². The molecule has 0 rings (SSSR count). The van der Waals surface area contributed by atoms with Gasteiger partial charge in [0.25, 0.3) is 0 Å². The maximum Gasteiger partial charge on any atom is 0.399 e. The van der Waals surface area contributed by atoms with Crippen molar-refractivity contribution in [3.8, 4) is 0 Å². The number of hydrogen-bond donors (Lipinski definition) is 2. The summed E-state index contributed by atoms with van der Waals surface area (Å²) in [6, 6.07) is 0. The largest absolute Gasteiger partial charge is 0.399 e. The first-order chi connectivity index (χ1) is 7.43. The van der Waals surface area contributed by atoms with Crippen LogP contribution in [0.5, 0.6) is 0 Å². The van der Waals surface area contributed by atoms with Crippen LogP contribution < -0.4 is 5.73 Å². The van der Waals surface area contributed by atoms with E-state index in [1.165, 1.54) is 11.9 Å². The molecule has 0 aromatic rings. The Morgan fingerprint density at radius 1 is 1.47 bits per heavy atom. The molecule has 0 aliphatic carbocycles.